The maximum absolute atomic E-state index is 13.1. The van der Waals surface area contributed by atoms with Crippen LogP contribution in [-0.2, 0) is 12.4 Å². The van der Waals surface area contributed by atoms with E-state index >= 15 is 0 Å². The van der Waals surface area contributed by atoms with Crippen LogP contribution in [0.25, 0.3) is 22.6 Å². The average molecular weight is 403 g/mol. The van der Waals surface area contributed by atoms with Crippen molar-refractivity contribution in [3.63, 3.8) is 0 Å². The van der Waals surface area contributed by atoms with Crippen molar-refractivity contribution in [3.8, 4) is 22.6 Å². The molecule has 0 aliphatic heterocycles. The minimum absolute atomic E-state index is 0.00922. The molecule has 6 nitrogen and oxygen atoms in total. The maximum Gasteiger partial charge on any atom is 0.433 e. The van der Waals surface area contributed by atoms with Gasteiger partial charge in [-0.25, -0.2) is 9.97 Å². The first-order valence-electron chi connectivity index (χ1n) is 7.31. The van der Waals surface area contributed by atoms with Crippen molar-refractivity contribution in [2.24, 2.45) is 0 Å². The van der Waals surface area contributed by atoms with E-state index in [1.165, 1.54) is 0 Å². The third-order valence-electron chi connectivity index (χ3n) is 3.62. The van der Waals surface area contributed by atoms with E-state index in [4.69, 9.17) is 4.42 Å². The Kier molecular flexibility index (Phi) is 4.57. The molecule has 0 spiro atoms. The first kappa shape index (κ1) is 19.3. The standard InChI is InChI=1S/C16H7F6N3O3/c17-15(18,19)9-3-8(4-10(5-9)16(20,21)22)11-6-23-7-24-14(11)12-1-2-13(28-12)25(26)27/h1-7H. The summed E-state index contributed by atoms with van der Waals surface area (Å²) >= 11 is 0. The number of halogens is 6. The largest absolute Gasteiger partial charge is 0.433 e. The normalized spacial score (nSPS) is 12.2. The van der Waals surface area contributed by atoms with Crippen molar-refractivity contribution in [2.45, 2.75) is 12.4 Å². The Labute approximate surface area is 151 Å². The number of benzene rings is 1. The number of aromatic nitrogens is 2. The van der Waals surface area contributed by atoms with E-state index in [1.54, 1.807) is 0 Å². The van der Waals surface area contributed by atoms with Gasteiger partial charge in [0.15, 0.2) is 5.76 Å². The molecule has 0 atom stereocenters. The maximum atomic E-state index is 13.1. The van der Waals surface area contributed by atoms with Crippen LogP contribution < -0.4 is 0 Å². The van der Waals surface area contributed by atoms with E-state index in [0.717, 1.165) is 24.7 Å². The summed E-state index contributed by atoms with van der Waals surface area (Å²) in [6, 6.07) is 3.12. The van der Waals surface area contributed by atoms with E-state index in [-0.39, 0.29) is 23.1 Å². The minimum Gasteiger partial charge on any atom is -0.399 e. The Bertz CT molecular complexity index is 1010. The Balaban J connectivity index is 2.22. The van der Waals surface area contributed by atoms with Crippen LogP contribution in [0.5, 0.6) is 0 Å². The highest BCUT2D eigenvalue weighted by Gasteiger charge is 2.37. The summed E-state index contributed by atoms with van der Waals surface area (Å²) in [5, 5.41) is 10.7. The number of hydrogen-bond acceptors (Lipinski definition) is 5. The molecule has 0 aliphatic rings. The van der Waals surface area contributed by atoms with Crippen molar-refractivity contribution >= 4 is 5.88 Å². The molecule has 0 radical (unpaired) electrons. The van der Waals surface area contributed by atoms with Crippen molar-refractivity contribution in [1.29, 1.82) is 0 Å². The molecule has 0 amide bonds. The molecule has 0 unspecified atom stereocenters. The minimum atomic E-state index is -5.03. The molecule has 0 aliphatic carbocycles. The highest BCUT2D eigenvalue weighted by Crippen LogP contribution is 2.40. The summed E-state index contributed by atoms with van der Waals surface area (Å²) in [6.07, 6.45) is -8.09. The lowest BCUT2D eigenvalue weighted by atomic mass is 9.98. The van der Waals surface area contributed by atoms with Crippen LogP contribution in [0, 0.1) is 10.1 Å². The van der Waals surface area contributed by atoms with Crippen molar-refractivity contribution in [3.05, 3.63) is 64.1 Å². The molecule has 0 N–H and O–H groups in total. The summed E-state index contributed by atoms with van der Waals surface area (Å²) in [5.41, 5.74) is -3.93. The fourth-order valence-corrected chi connectivity index (χ4v) is 2.40. The van der Waals surface area contributed by atoms with Crippen LogP contribution >= 0.6 is 0 Å². The van der Waals surface area contributed by atoms with Crippen LogP contribution in [0.15, 0.2) is 47.3 Å². The summed E-state index contributed by atoms with van der Waals surface area (Å²) in [6.45, 7) is 0. The van der Waals surface area contributed by atoms with Gasteiger partial charge in [-0.3, -0.25) is 10.1 Å². The van der Waals surface area contributed by atoms with Crippen LogP contribution in [0.3, 0.4) is 0 Å². The molecule has 0 saturated carbocycles. The van der Waals surface area contributed by atoms with Gasteiger partial charge in [-0.1, -0.05) is 0 Å². The van der Waals surface area contributed by atoms with Gasteiger partial charge in [-0.15, -0.1) is 0 Å². The van der Waals surface area contributed by atoms with Crippen molar-refractivity contribution in [1.82, 2.24) is 9.97 Å². The van der Waals surface area contributed by atoms with E-state index < -0.39 is 39.9 Å². The van der Waals surface area contributed by atoms with E-state index in [0.29, 0.717) is 12.1 Å². The molecule has 28 heavy (non-hydrogen) atoms. The van der Waals surface area contributed by atoms with Crippen LogP contribution in [0.4, 0.5) is 32.2 Å². The van der Waals surface area contributed by atoms with Gasteiger partial charge < -0.3 is 4.42 Å². The molecule has 0 bridgehead atoms. The first-order valence-corrected chi connectivity index (χ1v) is 7.31. The number of furan rings is 1. The van der Waals surface area contributed by atoms with Gasteiger partial charge in [-0.05, 0) is 29.8 Å². The lowest BCUT2D eigenvalue weighted by Crippen LogP contribution is -2.11. The Morgan fingerprint density at radius 1 is 0.964 bits per heavy atom. The van der Waals surface area contributed by atoms with E-state index in [1.807, 2.05) is 0 Å². The Hall–Kier alpha value is -3.44. The number of hydrogen-bond donors (Lipinski definition) is 0. The quantitative estimate of drug-likeness (QED) is 0.335. The number of nitrogens with zero attached hydrogens (tertiary/aromatic N) is 3. The summed E-state index contributed by atoms with van der Waals surface area (Å²) < 4.78 is 83.4. The summed E-state index contributed by atoms with van der Waals surface area (Å²) in [5.74, 6) is -0.880. The SMILES string of the molecule is O=[N+]([O-])c1ccc(-c2ncncc2-c2cc(C(F)(F)F)cc(C(F)(F)F)c2)o1. The highest BCUT2D eigenvalue weighted by molar-refractivity contribution is 5.78. The summed E-state index contributed by atoms with van der Waals surface area (Å²) in [7, 11) is 0. The molecular weight excluding hydrogens is 396 g/mol. The van der Waals surface area contributed by atoms with Gasteiger partial charge in [-0.2, -0.15) is 26.3 Å². The zero-order valence-corrected chi connectivity index (χ0v) is 13.4. The topological polar surface area (TPSA) is 82.1 Å². The fourth-order valence-electron chi connectivity index (χ4n) is 2.40. The van der Waals surface area contributed by atoms with Gasteiger partial charge in [0.25, 0.3) is 0 Å². The monoisotopic (exact) mass is 403 g/mol. The molecule has 12 heteroatoms. The number of nitro groups is 1. The number of rotatable bonds is 3. The lowest BCUT2D eigenvalue weighted by Gasteiger charge is -2.15. The van der Waals surface area contributed by atoms with E-state index in [9.17, 15) is 36.5 Å². The Morgan fingerprint density at radius 3 is 2.07 bits per heavy atom. The molecule has 3 rings (SSSR count). The molecule has 2 aromatic heterocycles. The zero-order valence-electron chi connectivity index (χ0n) is 13.4. The molecule has 0 fully saturated rings. The molecule has 3 aromatic rings. The molecule has 1 aromatic carbocycles. The Morgan fingerprint density at radius 2 is 1.57 bits per heavy atom. The van der Waals surface area contributed by atoms with Gasteiger partial charge in [0.1, 0.15) is 16.9 Å². The predicted octanol–water partition coefficient (Wildman–Crippen LogP) is 5.35. The molecule has 146 valence electrons. The zero-order chi connectivity index (χ0) is 20.7. The highest BCUT2D eigenvalue weighted by atomic mass is 19.4. The van der Waals surface area contributed by atoms with Crippen LogP contribution in [0.2, 0.25) is 0 Å². The smallest absolute Gasteiger partial charge is 0.399 e. The third-order valence-corrected chi connectivity index (χ3v) is 3.62. The second-order valence-corrected chi connectivity index (χ2v) is 5.47. The lowest BCUT2D eigenvalue weighted by molar-refractivity contribution is -0.401. The van der Waals surface area contributed by atoms with Gasteiger partial charge >= 0.3 is 18.2 Å². The average Bonchev–Trinajstić information content (AvgIpc) is 3.10. The first-order chi connectivity index (χ1) is 13.0. The van der Waals surface area contributed by atoms with Gasteiger partial charge in [0.2, 0.25) is 0 Å². The van der Waals surface area contributed by atoms with Crippen molar-refractivity contribution in [2.75, 3.05) is 0 Å². The second kappa shape index (κ2) is 6.62. The van der Waals surface area contributed by atoms with E-state index in [2.05, 4.69) is 9.97 Å². The van der Waals surface area contributed by atoms with Gasteiger partial charge in [0, 0.05) is 11.8 Å². The fraction of sp³-hybridized carbons (Fsp3) is 0.125. The molecule has 2 heterocycles. The van der Waals surface area contributed by atoms with Crippen LogP contribution in [-0.4, -0.2) is 14.9 Å². The summed E-state index contributed by atoms with van der Waals surface area (Å²) in [4.78, 5) is 17.3. The van der Waals surface area contributed by atoms with Crippen molar-refractivity contribution < 1.29 is 35.7 Å². The number of alkyl halides is 6. The predicted molar refractivity (Wildman–Crippen MR) is 81.8 cm³/mol. The molecule has 0 saturated heterocycles. The third kappa shape index (κ3) is 3.80. The molecular formula is C16H7F6N3O3. The van der Waals surface area contributed by atoms with Crippen LogP contribution in [0.1, 0.15) is 11.1 Å². The van der Waals surface area contributed by atoms with Gasteiger partial charge in [0.05, 0.1) is 17.2 Å². The second-order valence-electron chi connectivity index (χ2n) is 5.47.